The van der Waals surface area contributed by atoms with Crippen molar-refractivity contribution in [2.24, 2.45) is 0 Å². The molecule has 2 heterocycles. The van der Waals surface area contributed by atoms with E-state index in [-0.39, 0.29) is 0 Å². The molecule has 1 aliphatic heterocycles. The molecule has 0 saturated carbocycles. The van der Waals surface area contributed by atoms with Crippen LogP contribution in [0.3, 0.4) is 0 Å². The van der Waals surface area contributed by atoms with Crippen molar-refractivity contribution in [2.75, 3.05) is 12.3 Å². The van der Waals surface area contributed by atoms with E-state index in [4.69, 9.17) is 0 Å². The lowest BCUT2D eigenvalue weighted by atomic mass is 10.0. The first-order valence-electron chi connectivity index (χ1n) is 6.29. The van der Waals surface area contributed by atoms with Crippen LogP contribution in [0.5, 0.6) is 0 Å². The summed E-state index contributed by atoms with van der Waals surface area (Å²) in [4.78, 5) is 0. The fourth-order valence-corrected chi connectivity index (χ4v) is 4.39. The van der Waals surface area contributed by atoms with Crippen LogP contribution < -0.4 is 5.32 Å². The maximum Gasteiger partial charge on any atom is 0.0448 e. The highest BCUT2D eigenvalue weighted by Gasteiger charge is 2.25. The first-order valence-corrected chi connectivity index (χ1v) is 8.28. The second-order valence-corrected chi connectivity index (χ2v) is 6.52. The average Bonchev–Trinajstić information content (AvgIpc) is 2.85. The minimum atomic E-state index is 0.580. The molecule has 2 rings (SSSR count). The van der Waals surface area contributed by atoms with E-state index in [0.717, 1.165) is 11.8 Å². The Hall–Kier alpha value is 0.01000. The average molecular weight is 255 g/mol. The molecule has 0 spiro atoms. The zero-order valence-electron chi connectivity index (χ0n) is 9.95. The van der Waals surface area contributed by atoms with Gasteiger partial charge in [0.25, 0.3) is 0 Å². The lowest BCUT2D eigenvalue weighted by molar-refractivity contribution is 0.480. The van der Waals surface area contributed by atoms with Gasteiger partial charge in [-0.05, 0) is 54.0 Å². The monoisotopic (exact) mass is 255 g/mol. The SMILES string of the molecule is CCCNC(c1ccsc1)C1CCCCS1. The highest BCUT2D eigenvalue weighted by Crippen LogP contribution is 2.35. The molecule has 1 N–H and O–H groups in total. The van der Waals surface area contributed by atoms with Crippen molar-refractivity contribution in [1.29, 1.82) is 0 Å². The molecule has 1 aliphatic rings. The Kier molecular flexibility index (Phi) is 5.20. The molecular weight excluding hydrogens is 234 g/mol. The van der Waals surface area contributed by atoms with Crippen LogP contribution in [0.15, 0.2) is 16.8 Å². The second kappa shape index (κ2) is 6.67. The largest absolute Gasteiger partial charge is 0.309 e. The van der Waals surface area contributed by atoms with E-state index in [1.54, 1.807) is 0 Å². The van der Waals surface area contributed by atoms with Crippen LogP contribution in [-0.4, -0.2) is 17.5 Å². The van der Waals surface area contributed by atoms with E-state index < -0.39 is 0 Å². The van der Waals surface area contributed by atoms with Crippen LogP contribution in [0, 0.1) is 0 Å². The van der Waals surface area contributed by atoms with Gasteiger partial charge in [0.05, 0.1) is 0 Å². The first kappa shape index (κ1) is 12.5. The molecule has 90 valence electrons. The zero-order chi connectivity index (χ0) is 11.2. The van der Waals surface area contributed by atoms with Crippen LogP contribution >= 0.6 is 23.1 Å². The van der Waals surface area contributed by atoms with Crippen LogP contribution in [0.25, 0.3) is 0 Å². The van der Waals surface area contributed by atoms with Gasteiger partial charge in [0.2, 0.25) is 0 Å². The molecule has 1 saturated heterocycles. The van der Waals surface area contributed by atoms with Gasteiger partial charge < -0.3 is 5.32 Å². The van der Waals surface area contributed by atoms with E-state index in [1.807, 2.05) is 11.3 Å². The van der Waals surface area contributed by atoms with Crippen molar-refractivity contribution < 1.29 is 0 Å². The Balaban J connectivity index is 2.01. The molecular formula is C13H21NS2. The van der Waals surface area contributed by atoms with Gasteiger partial charge in [-0.15, -0.1) is 0 Å². The van der Waals surface area contributed by atoms with Crippen molar-refractivity contribution in [3.05, 3.63) is 22.4 Å². The predicted octanol–water partition coefficient (Wildman–Crippen LogP) is 4.07. The molecule has 0 aromatic carbocycles. The van der Waals surface area contributed by atoms with Crippen molar-refractivity contribution in [3.63, 3.8) is 0 Å². The third kappa shape index (κ3) is 3.25. The maximum absolute atomic E-state index is 3.73. The topological polar surface area (TPSA) is 12.0 Å². The smallest absolute Gasteiger partial charge is 0.0448 e. The van der Waals surface area contributed by atoms with Gasteiger partial charge in [-0.25, -0.2) is 0 Å². The fraction of sp³-hybridized carbons (Fsp3) is 0.692. The van der Waals surface area contributed by atoms with Gasteiger partial charge in [0.15, 0.2) is 0 Å². The Morgan fingerprint density at radius 1 is 1.50 bits per heavy atom. The molecule has 3 heteroatoms. The Bertz CT molecular complexity index is 278. The van der Waals surface area contributed by atoms with E-state index in [1.165, 1.54) is 37.0 Å². The number of hydrogen-bond acceptors (Lipinski definition) is 3. The molecule has 1 nitrogen and oxygen atoms in total. The Morgan fingerprint density at radius 3 is 3.06 bits per heavy atom. The molecule has 2 unspecified atom stereocenters. The van der Waals surface area contributed by atoms with E-state index in [0.29, 0.717) is 6.04 Å². The van der Waals surface area contributed by atoms with Gasteiger partial charge in [-0.2, -0.15) is 23.1 Å². The van der Waals surface area contributed by atoms with E-state index in [9.17, 15) is 0 Å². The molecule has 1 fully saturated rings. The lowest BCUT2D eigenvalue weighted by Gasteiger charge is -2.30. The summed E-state index contributed by atoms with van der Waals surface area (Å²) in [5.41, 5.74) is 1.50. The van der Waals surface area contributed by atoms with Gasteiger partial charge >= 0.3 is 0 Å². The fourth-order valence-electron chi connectivity index (χ4n) is 2.24. The highest BCUT2D eigenvalue weighted by molar-refractivity contribution is 8.00. The first-order chi connectivity index (χ1) is 7.92. The Morgan fingerprint density at radius 2 is 2.44 bits per heavy atom. The van der Waals surface area contributed by atoms with Crippen molar-refractivity contribution in [1.82, 2.24) is 5.32 Å². The number of thioether (sulfide) groups is 1. The molecule has 0 bridgehead atoms. The van der Waals surface area contributed by atoms with Crippen molar-refractivity contribution >= 4 is 23.1 Å². The standard InChI is InChI=1S/C13H21NS2/c1-2-7-14-13(11-6-9-15-10-11)12-5-3-4-8-16-12/h6,9-10,12-14H,2-5,7-8H2,1H3. The number of thiophene rings is 1. The van der Waals surface area contributed by atoms with Crippen molar-refractivity contribution in [2.45, 2.75) is 43.9 Å². The Labute approximate surface area is 107 Å². The van der Waals surface area contributed by atoms with Gasteiger partial charge in [0.1, 0.15) is 0 Å². The zero-order valence-corrected chi connectivity index (χ0v) is 11.6. The summed E-state index contributed by atoms with van der Waals surface area (Å²) in [6.45, 7) is 3.38. The summed E-state index contributed by atoms with van der Waals surface area (Å²) in [5.74, 6) is 1.35. The number of hydrogen-bond donors (Lipinski definition) is 1. The minimum absolute atomic E-state index is 0.580. The number of rotatable bonds is 5. The van der Waals surface area contributed by atoms with E-state index >= 15 is 0 Å². The molecule has 2 atom stereocenters. The normalized spacial score (nSPS) is 23.2. The van der Waals surface area contributed by atoms with Crippen LogP contribution in [0.4, 0.5) is 0 Å². The summed E-state index contributed by atoms with van der Waals surface area (Å²) >= 11 is 3.98. The minimum Gasteiger partial charge on any atom is -0.309 e. The van der Waals surface area contributed by atoms with Gasteiger partial charge in [-0.3, -0.25) is 0 Å². The highest BCUT2D eigenvalue weighted by atomic mass is 32.2. The quantitative estimate of drug-likeness (QED) is 0.851. The molecule has 16 heavy (non-hydrogen) atoms. The summed E-state index contributed by atoms with van der Waals surface area (Å²) in [7, 11) is 0. The summed E-state index contributed by atoms with van der Waals surface area (Å²) in [6.07, 6.45) is 5.41. The summed E-state index contributed by atoms with van der Waals surface area (Å²) < 4.78 is 0. The molecule has 1 aromatic heterocycles. The predicted molar refractivity (Wildman–Crippen MR) is 75.5 cm³/mol. The third-order valence-electron chi connectivity index (χ3n) is 3.10. The molecule has 0 radical (unpaired) electrons. The molecule has 0 aliphatic carbocycles. The van der Waals surface area contributed by atoms with Crippen LogP contribution in [0.2, 0.25) is 0 Å². The lowest BCUT2D eigenvalue weighted by Crippen LogP contribution is -2.32. The molecule has 0 amide bonds. The number of nitrogens with one attached hydrogen (secondary N) is 1. The molecule has 1 aromatic rings. The summed E-state index contributed by atoms with van der Waals surface area (Å²) in [6, 6.07) is 2.86. The van der Waals surface area contributed by atoms with Crippen LogP contribution in [0.1, 0.15) is 44.2 Å². The van der Waals surface area contributed by atoms with Crippen LogP contribution in [-0.2, 0) is 0 Å². The van der Waals surface area contributed by atoms with Crippen molar-refractivity contribution in [3.8, 4) is 0 Å². The maximum atomic E-state index is 3.73. The van der Waals surface area contributed by atoms with E-state index in [2.05, 4.69) is 40.8 Å². The van der Waals surface area contributed by atoms with Gasteiger partial charge in [-0.1, -0.05) is 13.3 Å². The summed E-state index contributed by atoms with van der Waals surface area (Å²) in [5, 5.41) is 9.02. The van der Waals surface area contributed by atoms with Gasteiger partial charge in [0, 0.05) is 11.3 Å². The third-order valence-corrected chi connectivity index (χ3v) is 5.27. The second-order valence-electron chi connectivity index (χ2n) is 4.39.